The van der Waals surface area contributed by atoms with Crippen LogP contribution in [0, 0.1) is 6.92 Å². The van der Waals surface area contributed by atoms with Crippen molar-refractivity contribution in [3.8, 4) is 11.3 Å². The molecule has 2 heterocycles. The fraction of sp³-hybridized carbons (Fsp3) is 0.294. The van der Waals surface area contributed by atoms with E-state index in [4.69, 9.17) is 0 Å². The van der Waals surface area contributed by atoms with Gasteiger partial charge in [-0.1, -0.05) is 0 Å². The Balaban J connectivity index is 2.27. The second-order valence-electron chi connectivity index (χ2n) is 5.79. The number of nitrogens with one attached hydrogen (secondary N) is 1. The molecule has 0 radical (unpaired) electrons. The molecule has 1 aromatic carbocycles. The number of hydrogen-bond donors (Lipinski definition) is 2. The minimum Gasteiger partial charge on any atom is -0.477 e. The summed E-state index contributed by atoms with van der Waals surface area (Å²) in [6.45, 7) is 1.72. The van der Waals surface area contributed by atoms with Crippen molar-refractivity contribution in [2.24, 2.45) is 0 Å². The van der Waals surface area contributed by atoms with Gasteiger partial charge in [0, 0.05) is 36.0 Å². The molecule has 0 fully saturated rings. The molecule has 0 spiro atoms. The lowest BCUT2D eigenvalue weighted by Crippen LogP contribution is -2.22. The van der Waals surface area contributed by atoms with Gasteiger partial charge >= 0.3 is 5.97 Å². The molecule has 1 aliphatic rings. The lowest BCUT2D eigenvalue weighted by Gasteiger charge is -2.16. The SMILES string of the molecule is Cc1c2c([nH]c(=O)c1C(=O)O)-c1ccc(N(C)C)cc1SCC2. The zero-order valence-corrected chi connectivity index (χ0v) is 14.1. The minimum atomic E-state index is -1.17. The Labute approximate surface area is 138 Å². The Hall–Kier alpha value is -2.21. The van der Waals surface area contributed by atoms with Crippen molar-refractivity contribution in [1.29, 1.82) is 0 Å². The van der Waals surface area contributed by atoms with Crippen LogP contribution in [0.1, 0.15) is 21.5 Å². The summed E-state index contributed by atoms with van der Waals surface area (Å²) in [5.41, 5.74) is 3.62. The van der Waals surface area contributed by atoms with Gasteiger partial charge in [0.05, 0.1) is 5.69 Å². The van der Waals surface area contributed by atoms with Gasteiger partial charge in [-0.3, -0.25) is 4.79 Å². The summed E-state index contributed by atoms with van der Waals surface area (Å²) >= 11 is 1.73. The number of anilines is 1. The normalized spacial score (nSPS) is 13.0. The van der Waals surface area contributed by atoms with Crippen LogP contribution in [0.5, 0.6) is 0 Å². The fourth-order valence-corrected chi connectivity index (χ4v) is 3.99. The van der Waals surface area contributed by atoms with Crippen LogP contribution in [0.15, 0.2) is 27.9 Å². The predicted octanol–water partition coefficient (Wildman–Crippen LogP) is 2.76. The molecule has 2 N–H and O–H groups in total. The van der Waals surface area contributed by atoms with E-state index >= 15 is 0 Å². The Morgan fingerprint density at radius 3 is 2.74 bits per heavy atom. The van der Waals surface area contributed by atoms with Crippen molar-refractivity contribution < 1.29 is 9.90 Å². The monoisotopic (exact) mass is 330 g/mol. The number of hydrogen-bond acceptors (Lipinski definition) is 4. The van der Waals surface area contributed by atoms with Crippen LogP contribution in [-0.4, -0.2) is 35.9 Å². The maximum atomic E-state index is 12.2. The lowest BCUT2D eigenvalue weighted by atomic mass is 9.96. The van der Waals surface area contributed by atoms with E-state index in [2.05, 4.69) is 11.1 Å². The van der Waals surface area contributed by atoms with E-state index in [-0.39, 0.29) is 5.56 Å². The van der Waals surface area contributed by atoms with Crippen molar-refractivity contribution in [2.45, 2.75) is 18.2 Å². The number of aromatic nitrogens is 1. The van der Waals surface area contributed by atoms with E-state index in [0.29, 0.717) is 5.56 Å². The largest absolute Gasteiger partial charge is 0.477 e. The third kappa shape index (κ3) is 2.63. The number of carboxylic acids is 1. The number of benzene rings is 1. The van der Waals surface area contributed by atoms with E-state index < -0.39 is 11.5 Å². The van der Waals surface area contributed by atoms with Crippen molar-refractivity contribution in [3.63, 3.8) is 0 Å². The maximum Gasteiger partial charge on any atom is 0.341 e. The van der Waals surface area contributed by atoms with Gasteiger partial charge in [0.1, 0.15) is 5.56 Å². The fourth-order valence-electron chi connectivity index (χ4n) is 2.94. The van der Waals surface area contributed by atoms with Gasteiger partial charge in [0.2, 0.25) is 0 Å². The third-order valence-electron chi connectivity index (χ3n) is 4.17. The molecule has 6 heteroatoms. The third-order valence-corrected chi connectivity index (χ3v) is 5.23. The molecule has 23 heavy (non-hydrogen) atoms. The Morgan fingerprint density at radius 1 is 1.35 bits per heavy atom. The second-order valence-corrected chi connectivity index (χ2v) is 6.92. The quantitative estimate of drug-likeness (QED) is 0.886. The zero-order valence-electron chi connectivity index (χ0n) is 13.3. The van der Waals surface area contributed by atoms with E-state index in [1.54, 1.807) is 18.7 Å². The second kappa shape index (κ2) is 5.77. The number of H-pyrrole nitrogens is 1. The number of aromatic carboxylic acids is 1. The highest BCUT2D eigenvalue weighted by Gasteiger charge is 2.23. The number of carbonyl (C=O) groups is 1. The summed E-state index contributed by atoms with van der Waals surface area (Å²) in [5.74, 6) is -0.324. The maximum absolute atomic E-state index is 12.2. The summed E-state index contributed by atoms with van der Waals surface area (Å²) in [7, 11) is 3.98. The molecule has 0 saturated heterocycles. The van der Waals surface area contributed by atoms with Gasteiger partial charge in [0.25, 0.3) is 5.56 Å². The molecule has 0 aliphatic carbocycles. The summed E-state index contributed by atoms with van der Waals surface area (Å²) in [5, 5.41) is 9.28. The summed E-state index contributed by atoms with van der Waals surface area (Å²) in [6.07, 6.45) is 0.731. The van der Waals surface area contributed by atoms with E-state index in [1.165, 1.54) is 0 Å². The van der Waals surface area contributed by atoms with Crippen molar-refractivity contribution in [3.05, 3.63) is 45.2 Å². The molecule has 120 valence electrons. The van der Waals surface area contributed by atoms with E-state index in [9.17, 15) is 14.7 Å². The minimum absolute atomic E-state index is 0.151. The van der Waals surface area contributed by atoms with Crippen LogP contribution in [0.3, 0.4) is 0 Å². The number of aromatic amines is 1. The number of thioether (sulfide) groups is 1. The highest BCUT2D eigenvalue weighted by molar-refractivity contribution is 7.99. The smallest absolute Gasteiger partial charge is 0.341 e. The van der Waals surface area contributed by atoms with Gasteiger partial charge in [-0.05, 0) is 42.7 Å². The van der Waals surface area contributed by atoms with Gasteiger partial charge in [0.15, 0.2) is 0 Å². The Morgan fingerprint density at radius 2 is 2.09 bits per heavy atom. The van der Waals surface area contributed by atoms with Crippen LogP contribution >= 0.6 is 11.8 Å². The van der Waals surface area contributed by atoms with Gasteiger partial charge < -0.3 is 15.0 Å². The zero-order chi connectivity index (χ0) is 16.7. The first-order chi connectivity index (χ1) is 10.9. The molecule has 2 aromatic rings. The molecule has 0 bridgehead atoms. The van der Waals surface area contributed by atoms with Crippen molar-refractivity contribution in [2.75, 3.05) is 24.7 Å². The molecule has 1 aromatic heterocycles. The van der Waals surface area contributed by atoms with E-state index in [1.807, 2.05) is 31.1 Å². The van der Waals surface area contributed by atoms with Gasteiger partial charge in [-0.15, -0.1) is 11.8 Å². The average molecular weight is 330 g/mol. The van der Waals surface area contributed by atoms with Crippen molar-refractivity contribution >= 4 is 23.4 Å². The Kier molecular flexibility index (Phi) is 3.93. The summed E-state index contributed by atoms with van der Waals surface area (Å²) in [6, 6.07) is 6.11. The molecular formula is C17H18N2O3S. The molecule has 0 amide bonds. The highest BCUT2D eigenvalue weighted by atomic mass is 32.2. The van der Waals surface area contributed by atoms with E-state index in [0.717, 1.165) is 39.6 Å². The standard InChI is InChI=1S/C17H18N2O3S/c1-9-11-6-7-23-13-8-10(19(2)3)4-5-12(13)15(11)18-16(20)14(9)17(21)22/h4-5,8H,6-7H2,1-3H3,(H,18,20)(H,21,22). The topological polar surface area (TPSA) is 73.4 Å². The molecule has 5 nitrogen and oxygen atoms in total. The summed E-state index contributed by atoms with van der Waals surface area (Å²) < 4.78 is 0. The molecule has 1 aliphatic heterocycles. The molecular weight excluding hydrogens is 312 g/mol. The number of nitrogens with zero attached hydrogens (tertiary/aromatic N) is 1. The molecule has 0 atom stereocenters. The molecule has 3 rings (SSSR count). The Bertz CT molecular complexity index is 856. The predicted molar refractivity (Wildman–Crippen MR) is 93.0 cm³/mol. The first-order valence-electron chi connectivity index (χ1n) is 7.33. The molecule has 0 unspecified atom stereocenters. The first kappa shape index (κ1) is 15.7. The number of pyridine rings is 1. The van der Waals surface area contributed by atoms with Gasteiger partial charge in [-0.2, -0.15) is 0 Å². The first-order valence-corrected chi connectivity index (χ1v) is 8.32. The average Bonchev–Trinajstić information content (AvgIpc) is 2.66. The van der Waals surface area contributed by atoms with Gasteiger partial charge in [-0.25, -0.2) is 4.79 Å². The van der Waals surface area contributed by atoms with Crippen LogP contribution in [-0.2, 0) is 6.42 Å². The highest BCUT2D eigenvalue weighted by Crippen LogP contribution is 2.39. The number of carboxylic acid groups (broad SMARTS) is 1. The molecule has 0 saturated carbocycles. The number of fused-ring (bicyclic) bond motifs is 3. The van der Waals surface area contributed by atoms with Crippen LogP contribution in [0.2, 0.25) is 0 Å². The van der Waals surface area contributed by atoms with Crippen LogP contribution in [0.4, 0.5) is 5.69 Å². The number of rotatable bonds is 2. The van der Waals surface area contributed by atoms with Crippen LogP contribution in [0.25, 0.3) is 11.3 Å². The van der Waals surface area contributed by atoms with Crippen molar-refractivity contribution in [1.82, 2.24) is 4.98 Å². The lowest BCUT2D eigenvalue weighted by molar-refractivity contribution is 0.0694. The summed E-state index contributed by atoms with van der Waals surface area (Å²) in [4.78, 5) is 29.5. The van der Waals surface area contributed by atoms with Crippen LogP contribution < -0.4 is 10.5 Å².